The Morgan fingerprint density at radius 3 is 2.52 bits per heavy atom. The highest BCUT2D eigenvalue weighted by molar-refractivity contribution is 7.92. The number of aromatic nitrogens is 1. The highest BCUT2D eigenvalue weighted by Gasteiger charge is 2.15. The summed E-state index contributed by atoms with van der Waals surface area (Å²) in [5.41, 5.74) is 1.18. The molecule has 0 aliphatic rings. The minimum atomic E-state index is -3.94. The average Bonchev–Trinajstić information content (AvgIpc) is 3.04. The summed E-state index contributed by atoms with van der Waals surface area (Å²) < 4.78 is 43.1. The van der Waals surface area contributed by atoms with Crippen molar-refractivity contribution in [3.8, 4) is 0 Å². The van der Waals surface area contributed by atoms with Crippen LogP contribution in [0.15, 0.2) is 76.6 Å². The lowest BCUT2D eigenvalue weighted by Gasteiger charge is -2.08. The van der Waals surface area contributed by atoms with Gasteiger partial charge in [0.15, 0.2) is 4.80 Å². The van der Waals surface area contributed by atoms with E-state index in [-0.39, 0.29) is 16.1 Å². The minimum absolute atomic E-state index is 0.0931. The van der Waals surface area contributed by atoms with E-state index < -0.39 is 21.7 Å². The van der Waals surface area contributed by atoms with Gasteiger partial charge in [-0.1, -0.05) is 35.1 Å². The monoisotopic (exact) mass is 475 g/mol. The lowest BCUT2D eigenvalue weighted by molar-refractivity contribution is 0.0998. The number of fused-ring (bicyclic) bond motifs is 1. The summed E-state index contributed by atoms with van der Waals surface area (Å²) in [6, 6.07) is 15.9. The van der Waals surface area contributed by atoms with Gasteiger partial charge >= 0.3 is 0 Å². The fraction of sp³-hybridized carbons (Fsp3) is 0.0476. The van der Waals surface area contributed by atoms with Gasteiger partial charge in [-0.2, -0.15) is 4.99 Å². The summed E-state index contributed by atoms with van der Waals surface area (Å²) in [6.45, 7) is 0. The van der Waals surface area contributed by atoms with Gasteiger partial charge in [0.25, 0.3) is 15.9 Å². The maximum atomic E-state index is 13.1. The SMILES string of the molecule is Cn1c(=NC(=O)c2cccc(NS(=O)(=O)c3ccc(F)cc3)c2)sc2cccc(Cl)c21. The number of hydrogen-bond donors (Lipinski definition) is 1. The Morgan fingerprint density at radius 1 is 1.10 bits per heavy atom. The molecule has 0 bridgehead atoms. The molecule has 158 valence electrons. The molecule has 0 saturated heterocycles. The summed E-state index contributed by atoms with van der Waals surface area (Å²) >= 11 is 7.57. The van der Waals surface area contributed by atoms with Crippen LogP contribution >= 0.6 is 22.9 Å². The molecule has 31 heavy (non-hydrogen) atoms. The molecule has 0 aliphatic carbocycles. The van der Waals surface area contributed by atoms with Gasteiger partial charge < -0.3 is 4.57 Å². The molecular formula is C21H15ClFN3O3S2. The Hall–Kier alpha value is -3.01. The van der Waals surface area contributed by atoms with Crippen LogP contribution < -0.4 is 9.52 Å². The summed E-state index contributed by atoms with van der Waals surface area (Å²) in [5, 5.41) is 0.558. The van der Waals surface area contributed by atoms with Crippen molar-refractivity contribution in [2.75, 3.05) is 4.72 Å². The Labute approximate surface area is 186 Å². The van der Waals surface area contributed by atoms with Crippen molar-refractivity contribution >= 4 is 54.8 Å². The average molecular weight is 476 g/mol. The van der Waals surface area contributed by atoms with Gasteiger partial charge in [0.05, 0.1) is 20.1 Å². The third-order valence-corrected chi connectivity index (χ3v) is 7.26. The number of sulfonamides is 1. The summed E-state index contributed by atoms with van der Waals surface area (Å²) in [7, 11) is -2.17. The quantitative estimate of drug-likeness (QED) is 0.469. The van der Waals surface area contributed by atoms with E-state index in [1.807, 2.05) is 12.1 Å². The van der Waals surface area contributed by atoms with Crippen LogP contribution in [0.3, 0.4) is 0 Å². The highest BCUT2D eigenvalue weighted by atomic mass is 35.5. The van der Waals surface area contributed by atoms with Crippen LogP contribution in [-0.4, -0.2) is 18.9 Å². The van der Waals surface area contributed by atoms with E-state index in [9.17, 15) is 17.6 Å². The van der Waals surface area contributed by atoms with E-state index in [1.54, 1.807) is 29.8 Å². The van der Waals surface area contributed by atoms with Gasteiger partial charge in [-0.15, -0.1) is 0 Å². The number of amides is 1. The van der Waals surface area contributed by atoms with Gasteiger partial charge in [0.1, 0.15) is 5.82 Å². The van der Waals surface area contributed by atoms with Crippen molar-refractivity contribution in [3.63, 3.8) is 0 Å². The maximum absolute atomic E-state index is 13.1. The number of carbonyl (C=O) groups is 1. The van der Waals surface area contributed by atoms with E-state index in [2.05, 4.69) is 9.71 Å². The van der Waals surface area contributed by atoms with Gasteiger partial charge in [0, 0.05) is 18.3 Å². The second-order valence-electron chi connectivity index (χ2n) is 6.59. The number of aryl methyl sites for hydroxylation is 1. The molecule has 0 unspecified atom stereocenters. The zero-order valence-electron chi connectivity index (χ0n) is 16.0. The zero-order valence-corrected chi connectivity index (χ0v) is 18.4. The number of rotatable bonds is 4. The fourth-order valence-electron chi connectivity index (χ4n) is 2.96. The first-order valence-electron chi connectivity index (χ1n) is 8.96. The Morgan fingerprint density at radius 2 is 1.81 bits per heavy atom. The van der Waals surface area contributed by atoms with Crippen LogP contribution in [0, 0.1) is 5.82 Å². The molecule has 3 aromatic carbocycles. The number of carbonyl (C=O) groups excluding carboxylic acids is 1. The molecular weight excluding hydrogens is 461 g/mol. The number of nitrogens with one attached hydrogen (secondary N) is 1. The van der Waals surface area contributed by atoms with Crippen molar-refractivity contribution in [2.24, 2.45) is 12.0 Å². The highest BCUT2D eigenvalue weighted by Crippen LogP contribution is 2.24. The first kappa shape index (κ1) is 21.2. The molecule has 0 radical (unpaired) electrons. The number of para-hydroxylation sites is 1. The van der Waals surface area contributed by atoms with Crippen LogP contribution in [0.5, 0.6) is 0 Å². The normalized spacial score (nSPS) is 12.3. The number of thiazole rings is 1. The Kier molecular flexibility index (Phi) is 5.65. The summed E-state index contributed by atoms with van der Waals surface area (Å²) in [4.78, 5) is 17.3. The Bertz CT molecular complexity index is 1480. The molecule has 1 N–H and O–H groups in total. The standard InChI is InChI=1S/C21H15ClFN3O3S2/c1-26-19-17(22)6-3-7-18(19)30-21(26)24-20(27)13-4-2-5-15(12-13)25-31(28,29)16-10-8-14(23)9-11-16/h2-12,25H,1H3. The van der Waals surface area contributed by atoms with Crippen molar-refractivity contribution < 1.29 is 17.6 Å². The lowest BCUT2D eigenvalue weighted by atomic mass is 10.2. The second-order valence-corrected chi connectivity index (χ2v) is 9.69. The van der Waals surface area contributed by atoms with Gasteiger partial charge in [-0.05, 0) is 54.6 Å². The number of nitrogens with zero attached hydrogens (tertiary/aromatic N) is 2. The van der Waals surface area contributed by atoms with Crippen molar-refractivity contribution in [2.45, 2.75) is 4.90 Å². The van der Waals surface area contributed by atoms with E-state index >= 15 is 0 Å². The molecule has 1 aromatic heterocycles. The molecule has 0 spiro atoms. The second kappa shape index (κ2) is 8.26. The fourth-order valence-corrected chi connectivity index (χ4v) is 5.41. The molecule has 0 saturated carbocycles. The van der Waals surface area contributed by atoms with Gasteiger partial charge in [-0.3, -0.25) is 9.52 Å². The molecule has 0 fully saturated rings. The van der Waals surface area contributed by atoms with E-state index in [4.69, 9.17) is 11.6 Å². The number of hydrogen-bond acceptors (Lipinski definition) is 4. The molecule has 1 amide bonds. The van der Waals surface area contributed by atoms with E-state index in [0.717, 1.165) is 34.5 Å². The minimum Gasteiger partial charge on any atom is -0.318 e. The van der Waals surface area contributed by atoms with Crippen LogP contribution in [0.4, 0.5) is 10.1 Å². The molecule has 0 atom stereocenters. The van der Waals surface area contributed by atoms with Crippen LogP contribution in [0.25, 0.3) is 10.2 Å². The largest absolute Gasteiger partial charge is 0.318 e. The van der Waals surface area contributed by atoms with Gasteiger partial charge in [0.2, 0.25) is 0 Å². The van der Waals surface area contributed by atoms with Crippen LogP contribution in [0.1, 0.15) is 10.4 Å². The van der Waals surface area contributed by atoms with Crippen molar-refractivity contribution in [1.29, 1.82) is 0 Å². The smallest absolute Gasteiger partial charge is 0.279 e. The number of anilines is 1. The van der Waals surface area contributed by atoms with E-state index in [0.29, 0.717) is 9.82 Å². The molecule has 1 heterocycles. The van der Waals surface area contributed by atoms with Gasteiger partial charge in [-0.25, -0.2) is 12.8 Å². The molecule has 4 aromatic rings. The topological polar surface area (TPSA) is 80.5 Å². The maximum Gasteiger partial charge on any atom is 0.279 e. The predicted octanol–water partition coefficient (Wildman–Crippen LogP) is 4.57. The third kappa shape index (κ3) is 4.39. The third-order valence-electron chi connectivity index (χ3n) is 4.46. The van der Waals surface area contributed by atoms with Crippen molar-refractivity contribution in [3.05, 3.63) is 87.9 Å². The zero-order chi connectivity index (χ0) is 22.2. The summed E-state index contributed by atoms with van der Waals surface area (Å²) in [6.07, 6.45) is 0. The van der Waals surface area contributed by atoms with Crippen LogP contribution in [0.2, 0.25) is 5.02 Å². The predicted molar refractivity (Wildman–Crippen MR) is 119 cm³/mol. The first-order chi connectivity index (χ1) is 14.7. The summed E-state index contributed by atoms with van der Waals surface area (Å²) in [5.74, 6) is -1.06. The first-order valence-corrected chi connectivity index (χ1v) is 11.6. The van der Waals surface area contributed by atoms with E-state index in [1.165, 1.54) is 23.5 Å². The molecule has 6 nitrogen and oxygen atoms in total. The molecule has 4 rings (SSSR count). The Balaban J connectivity index is 1.65. The lowest BCUT2D eigenvalue weighted by Crippen LogP contribution is -2.15. The van der Waals surface area contributed by atoms with Crippen molar-refractivity contribution in [1.82, 2.24) is 4.57 Å². The van der Waals surface area contributed by atoms with Crippen LogP contribution in [-0.2, 0) is 17.1 Å². The molecule has 10 heteroatoms. The number of halogens is 2. The molecule has 0 aliphatic heterocycles. The number of benzene rings is 3.